The molecule has 15 nitrogen and oxygen atoms in total. The second kappa shape index (κ2) is 17.5. The largest absolute Gasteiger partial charge is 0.744 e. The van der Waals surface area contributed by atoms with Crippen LogP contribution in [0.5, 0.6) is 0 Å². The highest BCUT2D eigenvalue weighted by atomic mass is 32.2. The molecule has 6 rings (SSSR count). The molecule has 58 heavy (non-hydrogen) atoms. The predicted molar refractivity (Wildman–Crippen MR) is 204 cm³/mol. The van der Waals surface area contributed by atoms with E-state index < -0.39 is 45.7 Å². The number of nitrogens with one attached hydrogen (secondary N) is 1. The van der Waals surface area contributed by atoms with Crippen molar-refractivity contribution in [2.75, 3.05) is 47.4 Å². The highest BCUT2D eigenvalue weighted by Gasteiger charge is 2.33. The van der Waals surface area contributed by atoms with Crippen molar-refractivity contribution in [2.45, 2.75) is 36.9 Å². The molecule has 3 heterocycles. The molecular formula is C39H41F3N8O7S. The number of rotatable bonds is 8. The zero-order chi connectivity index (χ0) is 42.4. The summed E-state index contributed by atoms with van der Waals surface area (Å²) in [5, 5.41) is 16.5. The van der Waals surface area contributed by atoms with E-state index in [1.54, 1.807) is 48.2 Å². The molecule has 0 atom stereocenters. The van der Waals surface area contributed by atoms with Crippen LogP contribution in [0.2, 0.25) is 0 Å². The van der Waals surface area contributed by atoms with Gasteiger partial charge >= 0.3 is 24.0 Å². The van der Waals surface area contributed by atoms with Crippen molar-refractivity contribution in [1.82, 2.24) is 29.1 Å². The number of likely N-dealkylation sites (N-methyl/N-ethyl adjacent to an activating group) is 1. The Morgan fingerprint density at radius 3 is 2.21 bits per heavy atom. The Morgan fingerprint density at radius 2 is 1.64 bits per heavy atom. The second-order valence-corrected chi connectivity index (χ2v) is 15.7. The molecule has 1 N–H and O–H groups in total. The number of alkyl halides is 3. The van der Waals surface area contributed by atoms with E-state index in [4.69, 9.17) is 4.74 Å². The summed E-state index contributed by atoms with van der Waals surface area (Å²) in [5.41, 5.74) is -0.297. The van der Waals surface area contributed by atoms with Crippen LogP contribution in [-0.2, 0) is 21.0 Å². The Balaban J connectivity index is 0.000000559. The van der Waals surface area contributed by atoms with E-state index in [1.807, 2.05) is 27.2 Å². The van der Waals surface area contributed by atoms with E-state index >= 15 is 0 Å². The molecule has 306 valence electrons. The first-order valence-electron chi connectivity index (χ1n) is 17.9. The minimum atomic E-state index is -4.66. The number of hydrogen-bond donors (Lipinski definition) is 1. The third-order valence-electron chi connectivity index (χ3n) is 9.15. The number of benzene rings is 3. The lowest BCUT2D eigenvalue weighted by Gasteiger charge is -2.32. The molecule has 2 amide bonds. The van der Waals surface area contributed by atoms with Crippen molar-refractivity contribution in [3.05, 3.63) is 118 Å². The third-order valence-corrected chi connectivity index (χ3v) is 10.00. The van der Waals surface area contributed by atoms with Crippen molar-refractivity contribution in [3.8, 4) is 28.8 Å². The lowest BCUT2D eigenvalue weighted by molar-refractivity contribution is -0.870. The Hall–Kier alpha value is -6.23. The molecule has 19 heteroatoms. The van der Waals surface area contributed by atoms with E-state index in [-0.39, 0.29) is 28.6 Å². The summed E-state index contributed by atoms with van der Waals surface area (Å²) in [5.74, 6) is 0. The van der Waals surface area contributed by atoms with E-state index in [0.717, 1.165) is 21.3 Å². The maximum atomic E-state index is 14.0. The Morgan fingerprint density at radius 1 is 0.983 bits per heavy atom. The van der Waals surface area contributed by atoms with Crippen LogP contribution in [0.25, 0.3) is 22.8 Å². The summed E-state index contributed by atoms with van der Waals surface area (Å²) in [6, 6.07) is 20.4. The molecule has 0 aliphatic carbocycles. The average molecular weight is 823 g/mol. The monoisotopic (exact) mass is 822 g/mol. The van der Waals surface area contributed by atoms with Gasteiger partial charge in [0.05, 0.1) is 72.2 Å². The summed E-state index contributed by atoms with van der Waals surface area (Å²) >= 11 is 0. The van der Waals surface area contributed by atoms with Gasteiger partial charge in [-0.15, -0.1) is 0 Å². The molecule has 2 aromatic heterocycles. The average Bonchev–Trinajstić information content (AvgIpc) is 3.76. The summed E-state index contributed by atoms with van der Waals surface area (Å²) in [6.45, 7) is 3.11. The summed E-state index contributed by atoms with van der Waals surface area (Å²) < 4.78 is 81.2. The summed E-state index contributed by atoms with van der Waals surface area (Å²) in [4.78, 5) is 41.9. The Bertz CT molecular complexity index is 2460. The van der Waals surface area contributed by atoms with E-state index in [2.05, 4.69) is 10.4 Å². The number of hydrogen-bond acceptors (Lipinski definition) is 9. The molecule has 0 radical (unpaired) electrons. The van der Waals surface area contributed by atoms with Crippen LogP contribution >= 0.6 is 0 Å². The van der Waals surface area contributed by atoms with Gasteiger partial charge in [0.25, 0.3) is 0 Å². The fraction of sp³-hybridized carbons (Fsp3) is 0.308. The quantitative estimate of drug-likeness (QED) is 0.163. The maximum absolute atomic E-state index is 14.0. The first-order chi connectivity index (χ1) is 27.3. The zero-order valence-corrected chi connectivity index (χ0v) is 32.8. The number of quaternary nitrogens is 1. The van der Waals surface area contributed by atoms with Crippen molar-refractivity contribution in [2.24, 2.45) is 0 Å². The SMILES string of the molecule is Cc1c(-c2ccnn2-c2ccc(C#N)cc2)n(C(=O)NC2CCN(C(=O)OCC[N+](C)(C)C)CC2)c(=O)n1-c1cccc(C(F)(F)F)c1.O=S(=O)([O-])c1ccccc1. The van der Waals surface area contributed by atoms with Crippen molar-refractivity contribution in [3.63, 3.8) is 0 Å². The number of ether oxygens (including phenoxy) is 1. The van der Waals surface area contributed by atoms with Crippen LogP contribution in [0.15, 0.2) is 101 Å². The molecule has 3 aromatic carbocycles. The minimum absolute atomic E-state index is 0.0679. The van der Waals surface area contributed by atoms with Gasteiger partial charge in [-0.05, 0) is 80.4 Å². The Kier molecular flexibility index (Phi) is 12.9. The van der Waals surface area contributed by atoms with Crippen LogP contribution in [0.3, 0.4) is 0 Å². The van der Waals surface area contributed by atoms with Gasteiger partial charge < -0.3 is 24.0 Å². The van der Waals surface area contributed by atoms with Gasteiger partial charge in [-0.25, -0.2) is 32.1 Å². The number of nitrogens with zero attached hydrogens (tertiary/aromatic N) is 7. The number of piperidine rings is 1. The molecule has 0 spiro atoms. The minimum Gasteiger partial charge on any atom is -0.744 e. The van der Waals surface area contributed by atoms with Gasteiger partial charge in [-0.1, -0.05) is 24.3 Å². The van der Waals surface area contributed by atoms with Gasteiger partial charge in [0.15, 0.2) is 0 Å². The standard InChI is InChI=1S/C33H35F3N8O4.C6H6O3S/c1-22-29(28-12-15-38-43(28)26-10-8-23(21-37)9-11-26)42(31(46)41(22)27-7-5-6-24(20-27)33(34,35)36)30(45)39-25-13-16-40(17-14-25)32(47)48-19-18-44(2,3)4;7-10(8,9)6-4-2-1-3-5-6/h5-12,15,20,25H,13-14,16-19H2,1-4H3;1-5H,(H,7,8,9). The predicted octanol–water partition coefficient (Wildman–Crippen LogP) is 5.15. The molecule has 0 bridgehead atoms. The Labute approximate surface area is 332 Å². The van der Waals surface area contributed by atoms with Crippen LogP contribution < -0.4 is 11.0 Å². The highest BCUT2D eigenvalue weighted by molar-refractivity contribution is 7.85. The lowest BCUT2D eigenvalue weighted by atomic mass is 10.1. The number of carbonyl (C=O) groups is 2. The second-order valence-electron chi connectivity index (χ2n) is 14.3. The molecule has 1 fully saturated rings. The number of halogens is 3. The van der Waals surface area contributed by atoms with Crippen molar-refractivity contribution in [1.29, 1.82) is 5.26 Å². The normalized spacial score (nSPS) is 13.6. The molecule has 1 aliphatic rings. The third kappa shape index (κ3) is 10.4. The fourth-order valence-corrected chi connectivity index (χ4v) is 6.61. The van der Waals surface area contributed by atoms with Crippen LogP contribution in [0.4, 0.5) is 22.8 Å². The number of amides is 2. The van der Waals surface area contributed by atoms with Crippen molar-refractivity contribution >= 4 is 22.2 Å². The lowest BCUT2D eigenvalue weighted by Crippen LogP contribution is -2.49. The van der Waals surface area contributed by atoms with E-state index in [0.29, 0.717) is 53.9 Å². The number of nitriles is 1. The topological polar surface area (TPSA) is 184 Å². The zero-order valence-electron chi connectivity index (χ0n) is 32.0. The van der Waals surface area contributed by atoms with Crippen LogP contribution in [0, 0.1) is 18.3 Å². The molecule has 0 saturated carbocycles. The molecule has 1 aliphatic heterocycles. The van der Waals surface area contributed by atoms with Gasteiger partial charge in [0.2, 0.25) is 0 Å². The van der Waals surface area contributed by atoms with Gasteiger partial charge in [0.1, 0.15) is 29.0 Å². The molecule has 1 saturated heterocycles. The highest BCUT2D eigenvalue weighted by Crippen LogP contribution is 2.32. The van der Waals surface area contributed by atoms with E-state index in [9.17, 15) is 45.8 Å². The number of imidazole rings is 1. The first kappa shape index (κ1) is 42.9. The summed E-state index contributed by atoms with van der Waals surface area (Å²) in [6.07, 6.45) is -2.82. The first-order valence-corrected chi connectivity index (χ1v) is 19.3. The van der Waals surface area contributed by atoms with Gasteiger partial charge in [0, 0.05) is 19.1 Å². The van der Waals surface area contributed by atoms with Crippen LogP contribution in [-0.4, -0.2) is 107 Å². The molecule has 0 unspecified atom stereocenters. The van der Waals surface area contributed by atoms with Crippen LogP contribution in [0.1, 0.15) is 29.7 Å². The number of likely N-dealkylation sites (tertiary alicyclic amines) is 1. The smallest absolute Gasteiger partial charge is 0.416 e. The fourth-order valence-electron chi connectivity index (χ4n) is 6.12. The molecule has 5 aromatic rings. The number of carbonyl (C=O) groups excluding carboxylic acids is 2. The maximum Gasteiger partial charge on any atom is 0.416 e. The van der Waals surface area contributed by atoms with Gasteiger partial charge in [-0.2, -0.15) is 23.5 Å². The van der Waals surface area contributed by atoms with E-state index in [1.165, 1.54) is 47.3 Å². The summed E-state index contributed by atoms with van der Waals surface area (Å²) in [7, 11) is 1.73. The molecular weight excluding hydrogens is 782 g/mol. The number of aromatic nitrogens is 4. The van der Waals surface area contributed by atoms with Gasteiger partial charge in [-0.3, -0.25) is 4.57 Å². The van der Waals surface area contributed by atoms with Crippen molar-refractivity contribution < 1.29 is 45.0 Å².